The Morgan fingerprint density at radius 1 is 1.12 bits per heavy atom. The van der Waals surface area contributed by atoms with Crippen LogP contribution < -0.4 is 4.74 Å². The first kappa shape index (κ1) is 20.6. The highest BCUT2D eigenvalue weighted by atomic mass is 19.4. The summed E-state index contributed by atoms with van der Waals surface area (Å²) in [4.78, 5) is 28.7. The van der Waals surface area contributed by atoms with Gasteiger partial charge < -0.3 is 14.5 Å². The summed E-state index contributed by atoms with van der Waals surface area (Å²) in [5, 5.41) is 0.858. The van der Waals surface area contributed by atoms with Crippen LogP contribution >= 0.6 is 0 Å². The van der Waals surface area contributed by atoms with E-state index in [1.165, 1.54) is 0 Å². The molecule has 1 aromatic heterocycles. The first-order valence-corrected chi connectivity index (χ1v) is 10.2. The second-order valence-electron chi connectivity index (χ2n) is 8.02. The Morgan fingerprint density at radius 3 is 2.66 bits per heavy atom. The molecule has 0 saturated carbocycles. The van der Waals surface area contributed by atoms with E-state index in [-0.39, 0.29) is 5.92 Å². The van der Waals surface area contributed by atoms with Gasteiger partial charge in [-0.15, -0.1) is 0 Å². The van der Waals surface area contributed by atoms with Crippen molar-refractivity contribution >= 4 is 22.8 Å². The summed E-state index contributed by atoms with van der Waals surface area (Å²) < 4.78 is 47.9. The third kappa shape index (κ3) is 3.62. The molecule has 3 heterocycles. The van der Waals surface area contributed by atoms with Gasteiger partial charge in [-0.2, -0.15) is 13.2 Å². The van der Waals surface area contributed by atoms with E-state index < -0.39 is 24.2 Å². The van der Waals surface area contributed by atoms with Gasteiger partial charge in [0.1, 0.15) is 18.4 Å². The average molecular weight is 444 g/mol. The molecule has 1 fully saturated rings. The standard InChI is InChI=1S/C23H19F3N2O4/c24-23(25,26)22(30)32-21(29)20-19-18(14-8-9-28(20)11-14)16-10-15(6-7-17(16)27-19)31-12-13-4-2-1-3-5-13/h1-7,10,14,20,27H,8-9,11-12H2. The highest BCUT2D eigenvalue weighted by Crippen LogP contribution is 2.46. The molecule has 0 radical (unpaired) electrons. The number of esters is 2. The number of nitrogens with zero attached hydrogens (tertiary/aromatic N) is 1. The van der Waals surface area contributed by atoms with Gasteiger partial charge in [0.2, 0.25) is 0 Å². The number of carbonyl (C=O) groups is 2. The van der Waals surface area contributed by atoms with Crippen molar-refractivity contribution < 1.29 is 32.2 Å². The summed E-state index contributed by atoms with van der Waals surface area (Å²) in [5.74, 6) is -2.94. The molecule has 0 spiro atoms. The van der Waals surface area contributed by atoms with E-state index in [1.54, 1.807) is 11.0 Å². The van der Waals surface area contributed by atoms with Crippen LogP contribution in [-0.2, 0) is 20.9 Å². The van der Waals surface area contributed by atoms with Gasteiger partial charge in [-0.1, -0.05) is 30.3 Å². The molecule has 2 bridgehead atoms. The van der Waals surface area contributed by atoms with E-state index in [1.807, 2.05) is 42.5 Å². The topological polar surface area (TPSA) is 71.6 Å². The maximum atomic E-state index is 12.6. The Morgan fingerprint density at radius 2 is 1.91 bits per heavy atom. The van der Waals surface area contributed by atoms with Crippen LogP contribution in [0.2, 0.25) is 0 Å². The van der Waals surface area contributed by atoms with Crippen molar-refractivity contribution in [2.24, 2.45) is 0 Å². The van der Waals surface area contributed by atoms with Crippen molar-refractivity contribution in [3.63, 3.8) is 0 Å². The third-order valence-electron chi connectivity index (χ3n) is 6.00. The summed E-state index contributed by atoms with van der Waals surface area (Å²) in [6.45, 7) is 1.43. The van der Waals surface area contributed by atoms with E-state index >= 15 is 0 Å². The fourth-order valence-electron chi connectivity index (χ4n) is 4.61. The lowest BCUT2D eigenvalue weighted by molar-refractivity contribution is -0.203. The molecule has 3 atom stereocenters. The number of halogens is 3. The molecular formula is C23H19F3N2O4. The van der Waals surface area contributed by atoms with Crippen molar-refractivity contribution in [3.05, 3.63) is 65.4 Å². The van der Waals surface area contributed by atoms with Crippen LogP contribution in [0.15, 0.2) is 48.5 Å². The molecule has 1 N–H and O–H groups in total. The lowest BCUT2D eigenvalue weighted by atomic mass is 9.90. The molecule has 2 aromatic carbocycles. The summed E-state index contributed by atoms with van der Waals surface area (Å²) >= 11 is 0. The molecule has 3 aromatic rings. The predicted octanol–water partition coefficient (Wildman–Crippen LogP) is 4.22. The van der Waals surface area contributed by atoms with Crippen LogP contribution in [0.3, 0.4) is 0 Å². The van der Waals surface area contributed by atoms with E-state index in [2.05, 4.69) is 9.72 Å². The number of hydrogen-bond donors (Lipinski definition) is 1. The van der Waals surface area contributed by atoms with Crippen LogP contribution in [-0.4, -0.2) is 41.1 Å². The second kappa shape index (κ2) is 7.67. The Labute approximate surface area is 180 Å². The summed E-state index contributed by atoms with van der Waals surface area (Å²) in [6, 6.07) is 14.1. The Hall–Kier alpha value is -3.33. The number of H-pyrrole nitrogens is 1. The van der Waals surface area contributed by atoms with Crippen molar-refractivity contribution in [2.45, 2.75) is 31.2 Å². The van der Waals surface area contributed by atoms with Gasteiger partial charge in [-0.3, -0.25) is 4.90 Å². The molecular weight excluding hydrogens is 425 g/mol. The molecule has 2 aliphatic heterocycles. The maximum Gasteiger partial charge on any atom is 0.491 e. The first-order valence-electron chi connectivity index (χ1n) is 10.2. The van der Waals surface area contributed by atoms with Gasteiger partial charge in [0.25, 0.3) is 0 Å². The Kier molecular flexibility index (Phi) is 4.93. The Bertz CT molecular complexity index is 1190. The largest absolute Gasteiger partial charge is 0.491 e. The lowest BCUT2D eigenvalue weighted by Crippen LogP contribution is -2.39. The molecule has 6 nitrogen and oxygen atoms in total. The van der Waals surface area contributed by atoms with Crippen molar-refractivity contribution in [1.82, 2.24) is 9.88 Å². The smallest absolute Gasteiger partial charge is 0.489 e. The number of fused-ring (bicyclic) bond motifs is 6. The molecule has 2 aliphatic rings. The maximum absolute atomic E-state index is 12.6. The van der Waals surface area contributed by atoms with Gasteiger partial charge in [0.05, 0.1) is 0 Å². The van der Waals surface area contributed by atoms with Gasteiger partial charge in [0, 0.05) is 35.6 Å². The number of alkyl halides is 3. The highest BCUT2D eigenvalue weighted by molar-refractivity contribution is 5.94. The van der Waals surface area contributed by atoms with Crippen LogP contribution in [0.1, 0.15) is 35.2 Å². The third-order valence-corrected chi connectivity index (χ3v) is 6.00. The zero-order valence-corrected chi connectivity index (χ0v) is 16.8. The quantitative estimate of drug-likeness (QED) is 0.482. The number of carbonyl (C=O) groups excluding carboxylic acids is 2. The molecule has 32 heavy (non-hydrogen) atoms. The van der Waals surface area contributed by atoms with E-state index in [9.17, 15) is 22.8 Å². The molecule has 1 saturated heterocycles. The highest BCUT2D eigenvalue weighted by Gasteiger charge is 2.48. The normalized spacial score (nSPS) is 21.9. The number of aromatic amines is 1. The van der Waals surface area contributed by atoms with Gasteiger partial charge in [-0.05, 0) is 35.7 Å². The van der Waals surface area contributed by atoms with Gasteiger partial charge in [-0.25, -0.2) is 9.59 Å². The minimum absolute atomic E-state index is 0.130. The Balaban J connectivity index is 1.46. The van der Waals surface area contributed by atoms with Crippen LogP contribution in [0.5, 0.6) is 5.75 Å². The number of hydrogen-bond acceptors (Lipinski definition) is 5. The zero-order chi connectivity index (χ0) is 22.5. The number of aromatic nitrogens is 1. The van der Waals surface area contributed by atoms with E-state index in [0.717, 1.165) is 28.5 Å². The molecule has 9 heteroatoms. The minimum atomic E-state index is -5.23. The fraction of sp³-hybridized carbons (Fsp3) is 0.304. The average Bonchev–Trinajstić information content (AvgIpc) is 3.34. The molecule has 5 rings (SSSR count). The lowest BCUT2D eigenvalue weighted by Gasteiger charge is -2.30. The van der Waals surface area contributed by atoms with Crippen molar-refractivity contribution in [3.8, 4) is 5.75 Å². The molecule has 3 unspecified atom stereocenters. The number of ether oxygens (including phenoxy) is 2. The molecule has 166 valence electrons. The number of benzene rings is 2. The van der Waals surface area contributed by atoms with Crippen molar-refractivity contribution in [1.29, 1.82) is 0 Å². The first-order chi connectivity index (χ1) is 15.3. The van der Waals surface area contributed by atoms with Crippen LogP contribution in [0, 0.1) is 0 Å². The summed E-state index contributed by atoms with van der Waals surface area (Å²) in [6.07, 6.45) is -4.47. The molecule has 0 amide bonds. The predicted molar refractivity (Wildman–Crippen MR) is 108 cm³/mol. The monoisotopic (exact) mass is 444 g/mol. The van der Waals surface area contributed by atoms with E-state index in [4.69, 9.17) is 4.74 Å². The van der Waals surface area contributed by atoms with Crippen LogP contribution in [0.25, 0.3) is 10.9 Å². The van der Waals surface area contributed by atoms with Gasteiger partial charge >= 0.3 is 18.1 Å². The number of rotatable bonds is 4. The SMILES string of the molecule is O=C(OC(=O)C(F)(F)F)C1c2[nH]c3ccc(OCc4ccccc4)cc3c2C2CCN1C2. The summed E-state index contributed by atoms with van der Waals surface area (Å²) in [5.41, 5.74) is 3.12. The van der Waals surface area contributed by atoms with E-state index in [0.29, 0.717) is 31.1 Å². The summed E-state index contributed by atoms with van der Waals surface area (Å²) in [7, 11) is 0. The zero-order valence-electron chi connectivity index (χ0n) is 16.8. The second-order valence-corrected chi connectivity index (χ2v) is 8.02. The van der Waals surface area contributed by atoms with Crippen molar-refractivity contribution in [2.75, 3.05) is 13.1 Å². The van der Waals surface area contributed by atoms with Gasteiger partial charge in [0.15, 0.2) is 0 Å². The van der Waals surface area contributed by atoms with Crippen LogP contribution in [0.4, 0.5) is 13.2 Å². The minimum Gasteiger partial charge on any atom is -0.489 e. The molecule has 0 aliphatic carbocycles. The fourth-order valence-corrected chi connectivity index (χ4v) is 4.61. The number of nitrogens with one attached hydrogen (secondary N) is 1.